The first-order valence-corrected chi connectivity index (χ1v) is 12.7. The van der Waals surface area contributed by atoms with Gasteiger partial charge in [0.15, 0.2) is 0 Å². The molecule has 0 radical (unpaired) electrons. The molecule has 2 atom stereocenters. The van der Waals surface area contributed by atoms with Crippen LogP contribution < -0.4 is 10.6 Å². The molecule has 0 saturated heterocycles. The van der Waals surface area contributed by atoms with Crippen LogP contribution in [0.25, 0.3) is 0 Å². The lowest BCUT2D eigenvalue weighted by atomic mass is 9.87. The van der Waals surface area contributed by atoms with Gasteiger partial charge in [-0.1, -0.05) is 48.5 Å². The van der Waals surface area contributed by atoms with Crippen molar-refractivity contribution in [3.05, 3.63) is 70.8 Å². The van der Waals surface area contributed by atoms with Crippen molar-refractivity contribution in [3.63, 3.8) is 0 Å². The van der Waals surface area contributed by atoms with Crippen LogP contribution in [0.3, 0.4) is 0 Å². The number of alkyl carbamates (subject to hydrolysis) is 1. The van der Waals surface area contributed by atoms with Gasteiger partial charge in [-0.05, 0) is 83.1 Å². The highest BCUT2D eigenvalue weighted by Crippen LogP contribution is 2.35. The molecule has 2 N–H and O–H groups in total. The molecule has 7 nitrogen and oxygen atoms in total. The predicted octanol–water partition coefficient (Wildman–Crippen LogP) is 4.96. The average molecular weight is 494 g/mol. The van der Waals surface area contributed by atoms with Gasteiger partial charge in [0.1, 0.15) is 17.7 Å². The molecule has 1 aliphatic carbocycles. The zero-order valence-corrected chi connectivity index (χ0v) is 22.3. The zero-order valence-electron chi connectivity index (χ0n) is 22.3. The van der Waals surface area contributed by atoms with Crippen molar-refractivity contribution in [3.8, 4) is 0 Å². The Bertz CT molecular complexity index is 1070. The molecule has 3 rings (SSSR count). The minimum atomic E-state index is -0.852. The van der Waals surface area contributed by atoms with E-state index >= 15 is 0 Å². The maximum atomic E-state index is 13.8. The number of benzene rings is 2. The molecule has 2 aromatic rings. The Morgan fingerprint density at radius 3 is 2.28 bits per heavy atom. The molecule has 36 heavy (non-hydrogen) atoms. The third kappa shape index (κ3) is 6.86. The van der Waals surface area contributed by atoms with Crippen LogP contribution in [0.1, 0.15) is 75.3 Å². The molecule has 2 aromatic carbocycles. The normalized spacial score (nSPS) is 15.3. The summed E-state index contributed by atoms with van der Waals surface area (Å²) in [4.78, 5) is 41.7. The van der Waals surface area contributed by atoms with Crippen molar-refractivity contribution < 1.29 is 19.1 Å². The minimum absolute atomic E-state index is 0.0761. The smallest absolute Gasteiger partial charge is 0.408 e. The van der Waals surface area contributed by atoms with E-state index in [1.165, 1.54) is 0 Å². The maximum absolute atomic E-state index is 13.8. The van der Waals surface area contributed by atoms with Crippen LogP contribution in [0.2, 0.25) is 0 Å². The number of ether oxygens (including phenoxy) is 1. The summed E-state index contributed by atoms with van der Waals surface area (Å²) in [5, 5.41) is 5.71. The van der Waals surface area contributed by atoms with E-state index in [0.717, 1.165) is 41.5 Å². The lowest BCUT2D eigenvalue weighted by molar-refractivity contribution is -0.147. The second kappa shape index (κ2) is 11.6. The lowest BCUT2D eigenvalue weighted by Gasteiger charge is -2.43. The number of nitrogens with zero attached hydrogens (tertiary/aromatic N) is 1. The van der Waals surface area contributed by atoms with Gasteiger partial charge in [-0.15, -0.1) is 0 Å². The van der Waals surface area contributed by atoms with Crippen molar-refractivity contribution in [2.45, 2.75) is 91.1 Å². The number of rotatable bonds is 8. The lowest BCUT2D eigenvalue weighted by Crippen LogP contribution is -2.56. The molecule has 0 aromatic heterocycles. The number of nitrogens with one attached hydrogen (secondary N) is 2. The van der Waals surface area contributed by atoms with Crippen molar-refractivity contribution in [1.29, 1.82) is 0 Å². The monoisotopic (exact) mass is 493 g/mol. The Hall–Kier alpha value is -3.35. The highest BCUT2D eigenvalue weighted by atomic mass is 16.6. The van der Waals surface area contributed by atoms with E-state index in [4.69, 9.17) is 4.74 Å². The van der Waals surface area contributed by atoms with Crippen molar-refractivity contribution in [2.24, 2.45) is 0 Å². The molecule has 2 unspecified atom stereocenters. The van der Waals surface area contributed by atoms with Gasteiger partial charge in [0.05, 0.1) is 0 Å². The maximum Gasteiger partial charge on any atom is 0.408 e. The van der Waals surface area contributed by atoms with Crippen LogP contribution in [0, 0.1) is 13.8 Å². The fourth-order valence-electron chi connectivity index (χ4n) is 4.32. The first-order valence-electron chi connectivity index (χ1n) is 12.7. The predicted molar refractivity (Wildman–Crippen MR) is 140 cm³/mol. The van der Waals surface area contributed by atoms with E-state index in [0.29, 0.717) is 6.54 Å². The van der Waals surface area contributed by atoms with Crippen LogP contribution >= 0.6 is 0 Å². The van der Waals surface area contributed by atoms with Gasteiger partial charge in [-0.3, -0.25) is 9.59 Å². The molecule has 1 aliphatic rings. The highest BCUT2D eigenvalue weighted by Gasteiger charge is 2.41. The van der Waals surface area contributed by atoms with Crippen molar-refractivity contribution >= 4 is 17.9 Å². The van der Waals surface area contributed by atoms with Gasteiger partial charge in [0.2, 0.25) is 11.8 Å². The average Bonchev–Trinajstić information content (AvgIpc) is 2.77. The number of hydrogen-bond donors (Lipinski definition) is 2. The largest absolute Gasteiger partial charge is 0.444 e. The molecule has 1 saturated carbocycles. The molecule has 7 heteroatoms. The Morgan fingerprint density at radius 2 is 1.69 bits per heavy atom. The second-order valence-electron chi connectivity index (χ2n) is 10.6. The molecular weight excluding hydrogens is 454 g/mol. The van der Waals surface area contributed by atoms with E-state index < -0.39 is 23.8 Å². The summed E-state index contributed by atoms with van der Waals surface area (Å²) < 4.78 is 5.35. The molecular formula is C29H39N3O4. The molecule has 3 amide bonds. The summed E-state index contributed by atoms with van der Waals surface area (Å²) in [6.07, 6.45) is 1.97. The van der Waals surface area contributed by atoms with Crippen molar-refractivity contribution in [1.82, 2.24) is 15.5 Å². The van der Waals surface area contributed by atoms with Crippen LogP contribution in [-0.4, -0.2) is 40.5 Å². The van der Waals surface area contributed by atoms with Gasteiger partial charge in [0, 0.05) is 12.6 Å². The number of amides is 3. The van der Waals surface area contributed by atoms with E-state index in [1.807, 2.05) is 62.4 Å². The Balaban J connectivity index is 1.93. The molecule has 1 fully saturated rings. The molecule has 0 heterocycles. The van der Waals surface area contributed by atoms with Crippen LogP contribution in [0.4, 0.5) is 4.79 Å². The van der Waals surface area contributed by atoms with E-state index in [1.54, 1.807) is 32.6 Å². The Kier molecular flexibility index (Phi) is 8.77. The first-order chi connectivity index (χ1) is 17.0. The summed E-state index contributed by atoms with van der Waals surface area (Å²) in [5.41, 5.74) is 3.12. The zero-order chi connectivity index (χ0) is 26.5. The van der Waals surface area contributed by atoms with Gasteiger partial charge >= 0.3 is 6.09 Å². The second-order valence-corrected chi connectivity index (χ2v) is 10.6. The van der Waals surface area contributed by atoms with E-state index in [-0.39, 0.29) is 17.9 Å². The summed E-state index contributed by atoms with van der Waals surface area (Å²) in [5.74, 6) is -0.538. The summed E-state index contributed by atoms with van der Waals surface area (Å²) in [7, 11) is 0. The molecule has 0 spiro atoms. The van der Waals surface area contributed by atoms with Gasteiger partial charge in [-0.25, -0.2) is 4.79 Å². The third-order valence-corrected chi connectivity index (χ3v) is 6.60. The molecule has 194 valence electrons. The fourth-order valence-corrected chi connectivity index (χ4v) is 4.32. The number of aryl methyl sites for hydroxylation is 1. The first kappa shape index (κ1) is 27.2. The van der Waals surface area contributed by atoms with Crippen molar-refractivity contribution in [2.75, 3.05) is 0 Å². The number of carbonyl (C=O) groups excluding carboxylic acids is 3. The molecule has 0 aliphatic heterocycles. The summed E-state index contributed by atoms with van der Waals surface area (Å²) in [6, 6.07) is 13.8. The van der Waals surface area contributed by atoms with Gasteiger partial charge in [0.25, 0.3) is 0 Å². The van der Waals surface area contributed by atoms with Crippen LogP contribution in [0.15, 0.2) is 48.5 Å². The Labute approximate surface area is 214 Å². The minimum Gasteiger partial charge on any atom is -0.444 e. The number of carbonyl (C=O) groups is 3. The fraction of sp³-hybridized carbons (Fsp3) is 0.483. The van der Waals surface area contributed by atoms with E-state index in [2.05, 4.69) is 10.6 Å². The van der Waals surface area contributed by atoms with Crippen LogP contribution in [0.5, 0.6) is 0 Å². The Morgan fingerprint density at radius 1 is 1.03 bits per heavy atom. The topological polar surface area (TPSA) is 87.7 Å². The third-order valence-electron chi connectivity index (χ3n) is 6.60. The van der Waals surface area contributed by atoms with Crippen LogP contribution in [-0.2, 0) is 20.9 Å². The summed E-state index contributed by atoms with van der Waals surface area (Å²) in [6.45, 7) is 11.3. The number of hydrogen-bond acceptors (Lipinski definition) is 4. The molecule has 0 bridgehead atoms. The quantitative estimate of drug-likeness (QED) is 0.544. The standard InChI is InChI=1S/C29H39N3O4/c1-19-12-10-17-24(20(19)2)25(26(33)30-18-22-13-8-7-9-14-22)32(23-15-11-16-23)27(34)21(3)31-28(35)36-29(4,5)6/h7-10,12-14,17,21,23,25H,11,15-16,18H2,1-6H3,(H,30,33)(H,31,35). The van der Waals surface area contributed by atoms with Gasteiger partial charge in [-0.2, -0.15) is 0 Å². The van der Waals surface area contributed by atoms with E-state index in [9.17, 15) is 14.4 Å². The summed E-state index contributed by atoms with van der Waals surface area (Å²) >= 11 is 0. The van der Waals surface area contributed by atoms with Gasteiger partial charge < -0.3 is 20.3 Å². The SMILES string of the molecule is Cc1cccc(C(C(=O)NCc2ccccc2)N(C(=O)C(C)NC(=O)OC(C)(C)C)C2CCC2)c1C. The highest BCUT2D eigenvalue weighted by molar-refractivity contribution is 5.92.